The monoisotopic (exact) mass is 461 g/mol. The summed E-state index contributed by atoms with van der Waals surface area (Å²) in [4.78, 5) is 4.75. The lowest BCUT2D eigenvalue weighted by Crippen LogP contribution is -1.90. The number of para-hydroxylation sites is 2. The Bertz CT molecular complexity index is 2380. The first kappa shape index (κ1) is 19.4. The Morgan fingerprint density at radius 3 is 2.31 bits per heavy atom. The van der Waals surface area contributed by atoms with Crippen LogP contribution in [0.2, 0.25) is 0 Å². The standard InChI is InChI=1S/C33H19NO2/c1-2-8-23-22(7-1)25-12-6-17-34-31(25)28-16-18-35-32(28)27-15-14-20(19-29(23)27)21-10-5-11-26-24-9-3-4-13-30(24)36-33(21)26/h1-19H/b25-22-,29-23-,31-28+,32-27+. The quantitative estimate of drug-likeness (QED) is 0.251. The summed E-state index contributed by atoms with van der Waals surface area (Å²) in [5.41, 5.74) is 4.83. The van der Waals surface area contributed by atoms with Gasteiger partial charge in [-0.3, -0.25) is 4.98 Å². The molecule has 0 aliphatic heterocycles. The number of rotatable bonds is 1. The van der Waals surface area contributed by atoms with Gasteiger partial charge >= 0.3 is 0 Å². The van der Waals surface area contributed by atoms with Crippen LogP contribution < -0.4 is 0 Å². The van der Waals surface area contributed by atoms with Crippen molar-refractivity contribution in [1.29, 1.82) is 0 Å². The second-order valence-corrected chi connectivity index (χ2v) is 9.15. The number of benzene rings is 4. The van der Waals surface area contributed by atoms with Gasteiger partial charge in [-0.05, 0) is 51.6 Å². The molecule has 0 saturated carbocycles. The van der Waals surface area contributed by atoms with E-state index in [0.717, 1.165) is 75.1 Å². The minimum Gasteiger partial charge on any atom is -0.464 e. The third kappa shape index (κ3) is 2.65. The molecule has 8 rings (SSSR count). The Morgan fingerprint density at radius 1 is 0.556 bits per heavy atom. The molecule has 4 aromatic carbocycles. The number of fused-ring (bicyclic) bond motifs is 7. The van der Waals surface area contributed by atoms with E-state index in [0.29, 0.717) is 0 Å². The van der Waals surface area contributed by atoms with Gasteiger partial charge in [0, 0.05) is 38.2 Å². The summed E-state index contributed by atoms with van der Waals surface area (Å²) in [5.74, 6) is 0. The minimum absolute atomic E-state index is 0.841. The van der Waals surface area contributed by atoms with Crippen molar-refractivity contribution in [2.75, 3.05) is 0 Å². The van der Waals surface area contributed by atoms with Crippen LogP contribution in [0, 0.1) is 42.1 Å². The van der Waals surface area contributed by atoms with Crippen LogP contribution in [0.1, 0.15) is 0 Å². The lowest BCUT2D eigenvalue weighted by molar-refractivity contribution is 0.533. The fraction of sp³-hybridized carbons (Fsp3) is 0. The predicted molar refractivity (Wildman–Crippen MR) is 139 cm³/mol. The normalized spacial score (nSPS) is 15.9. The predicted octanol–water partition coefficient (Wildman–Crippen LogP) is 7.70. The van der Waals surface area contributed by atoms with Crippen molar-refractivity contribution in [3.05, 3.63) is 158 Å². The van der Waals surface area contributed by atoms with Crippen LogP contribution >= 0.6 is 0 Å². The van der Waals surface area contributed by atoms with Gasteiger partial charge in [-0.15, -0.1) is 0 Å². The van der Waals surface area contributed by atoms with Crippen LogP contribution in [-0.4, -0.2) is 4.98 Å². The summed E-state index contributed by atoms with van der Waals surface area (Å²) in [5, 5.41) is 9.81. The average Bonchev–Trinajstić information content (AvgIpc) is 3.57. The number of pyridine rings is 1. The van der Waals surface area contributed by atoms with Crippen LogP contribution in [0.5, 0.6) is 0 Å². The molecule has 0 amide bonds. The van der Waals surface area contributed by atoms with Gasteiger partial charge in [0.2, 0.25) is 0 Å². The Labute approximate surface area is 204 Å². The van der Waals surface area contributed by atoms with Gasteiger partial charge in [0.15, 0.2) is 0 Å². The zero-order valence-electron chi connectivity index (χ0n) is 19.2. The molecule has 3 aromatic heterocycles. The molecule has 0 fully saturated rings. The van der Waals surface area contributed by atoms with E-state index in [-0.39, 0.29) is 0 Å². The highest BCUT2D eigenvalue weighted by atomic mass is 16.3. The highest BCUT2D eigenvalue weighted by molar-refractivity contribution is 6.09. The lowest BCUT2D eigenvalue weighted by atomic mass is 9.99. The van der Waals surface area contributed by atoms with E-state index in [2.05, 4.69) is 78.9 Å². The third-order valence-corrected chi connectivity index (χ3v) is 7.21. The molecule has 0 unspecified atom stereocenters. The molecule has 3 heteroatoms. The molecule has 7 aromatic rings. The maximum Gasteiger partial charge on any atom is 0.143 e. The van der Waals surface area contributed by atoms with E-state index in [1.165, 1.54) is 0 Å². The van der Waals surface area contributed by atoms with E-state index in [1.54, 1.807) is 6.26 Å². The van der Waals surface area contributed by atoms with Gasteiger partial charge in [-0.25, -0.2) is 0 Å². The topological polar surface area (TPSA) is 39.2 Å². The maximum absolute atomic E-state index is 6.36. The third-order valence-electron chi connectivity index (χ3n) is 7.21. The highest BCUT2D eigenvalue weighted by Crippen LogP contribution is 2.35. The molecule has 3 nitrogen and oxygen atoms in total. The number of nitrogens with zero attached hydrogens (tertiary/aromatic N) is 1. The van der Waals surface area contributed by atoms with Gasteiger partial charge in [0.05, 0.1) is 11.6 Å². The van der Waals surface area contributed by atoms with Crippen LogP contribution in [0.25, 0.3) is 33.1 Å². The second kappa shape index (κ2) is 7.30. The number of hydrogen-bond acceptors (Lipinski definition) is 3. The first-order valence-electron chi connectivity index (χ1n) is 12.0. The zero-order valence-corrected chi connectivity index (χ0v) is 19.2. The van der Waals surface area contributed by atoms with Crippen LogP contribution in [-0.2, 0) is 0 Å². The Hall–Kier alpha value is -4.89. The Kier molecular flexibility index (Phi) is 3.94. The van der Waals surface area contributed by atoms with E-state index < -0.39 is 0 Å². The van der Waals surface area contributed by atoms with Crippen molar-refractivity contribution in [2.24, 2.45) is 0 Å². The number of furan rings is 2. The SMILES string of the molecule is c1ccc2/c(c1)=c1/cc(-c3cccc4c3oc3ccccc34)cc/c1=c1\occ\c1=c1/nccc/c1=2. The molecule has 0 N–H and O–H groups in total. The van der Waals surface area contributed by atoms with Crippen molar-refractivity contribution >= 4 is 21.9 Å². The fourth-order valence-electron chi connectivity index (χ4n) is 5.60. The van der Waals surface area contributed by atoms with Gasteiger partial charge in [-0.1, -0.05) is 72.8 Å². The van der Waals surface area contributed by atoms with Crippen LogP contribution in [0.15, 0.2) is 124 Å². The summed E-state index contributed by atoms with van der Waals surface area (Å²) in [6.07, 6.45) is 3.60. The molecule has 1 aliphatic carbocycles. The molecule has 3 heterocycles. The molecule has 0 saturated heterocycles. The summed E-state index contributed by atoms with van der Waals surface area (Å²) in [7, 11) is 0. The van der Waals surface area contributed by atoms with E-state index in [4.69, 9.17) is 13.8 Å². The van der Waals surface area contributed by atoms with E-state index in [1.807, 2.05) is 30.5 Å². The Balaban J connectivity index is 1.62. The zero-order chi connectivity index (χ0) is 23.6. The average molecular weight is 462 g/mol. The van der Waals surface area contributed by atoms with Crippen molar-refractivity contribution in [3.63, 3.8) is 0 Å². The van der Waals surface area contributed by atoms with Crippen LogP contribution in [0.3, 0.4) is 0 Å². The second-order valence-electron chi connectivity index (χ2n) is 9.15. The molecule has 0 bridgehead atoms. The number of aromatic nitrogens is 1. The molecular formula is C33H19NO2. The lowest BCUT2D eigenvalue weighted by Gasteiger charge is -2.05. The van der Waals surface area contributed by atoms with Gasteiger partial charge in [0.1, 0.15) is 16.6 Å². The van der Waals surface area contributed by atoms with Gasteiger partial charge < -0.3 is 8.83 Å². The number of hydrogen-bond donors (Lipinski definition) is 0. The molecule has 0 radical (unpaired) electrons. The largest absolute Gasteiger partial charge is 0.464 e. The van der Waals surface area contributed by atoms with Crippen molar-refractivity contribution in [1.82, 2.24) is 4.98 Å². The van der Waals surface area contributed by atoms with E-state index >= 15 is 0 Å². The highest BCUT2D eigenvalue weighted by Gasteiger charge is 2.12. The summed E-state index contributed by atoms with van der Waals surface area (Å²) in [6, 6.07) is 35.9. The molecule has 0 atom stereocenters. The van der Waals surface area contributed by atoms with Gasteiger partial charge in [0.25, 0.3) is 0 Å². The van der Waals surface area contributed by atoms with Crippen molar-refractivity contribution in [3.8, 4) is 11.1 Å². The smallest absolute Gasteiger partial charge is 0.143 e. The fourth-order valence-corrected chi connectivity index (χ4v) is 5.60. The van der Waals surface area contributed by atoms with Gasteiger partial charge in [-0.2, -0.15) is 0 Å². The molecule has 1 aliphatic rings. The molecule has 168 valence electrons. The maximum atomic E-state index is 6.36. The van der Waals surface area contributed by atoms with E-state index in [9.17, 15) is 0 Å². The molecule has 36 heavy (non-hydrogen) atoms. The minimum atomic E-state index is 0.841. The first-order chi connectivity index (χ1) is 17.9. The first-order valence-corrected chi connectivity index (χ1v) is 12.0. The summed E-state index contributed by atoms with van der Waals surface area (Å²) in [6.45, 7) is 0. The Morgan fingerprint density at radius 2 is 1.36 bits per heavy atom. The summed E-state index contributed by atoms with van der Waals surface area (Å²) < 4.78 is 12.4. The van der Waals surface area contributed by atoms with Crippen molar-refractivity contribution in [2.45, 2.75) is 0 Å². The van der Waals surface area contributed by atoms with Crippen molar-refractivity contribution < 1.29 is 8.83 Å². The summed E-state index contributed by atoms with van der Waals surface area (Å²) >= 11 is 0. The van der Waals surface area contributed by atoms with Crippen LogP contribution in [0.4, 0.5) is 0 Å². The molecule has 0 spiro atoms. The molecular weight excluding hydrogens is 442 g/mol.